The number of hydrogen-bond donors (Lipinski definition) is 4. The number of aliphatic hydroxyl groups is 2. The van der Waals surface area contributed by atoms with Crippen molar-refractivity contribution in [2.45, 2.75) is 57.8 Å². The van der Waals surface area contributed by atoms with Crippen LogP contribution < -0.4 is 5.32 Å². The number of benzene rings is 2. The van der Waals surface area contributed by atoms with Crippen molar-refractivity contribution in [1.82, 2.24) is 15.1 Å². The number of carbonyl (C=O) groups excluding carboxylic acids is 1. The Hall–Kier alpha value is -3.82. The molecule has 0 spiro atoms. The second-order valence-electron chi connectivity index (χ2n) is 9.21. The number of aromatic nitrogens is 2. The molecule has 37 heavy (non-hydrogen) atoms. The Morgan fingerprint density at radius 3 is 2.30 bits per heavy atom. The molecule has 4 N–H and O–H groups in total. The third-order valence-corrected chi connectivity index (χ3v) is 5.87. The summed E-state index contributed by atoms with van der Waals surface area (Å²) in [7, 11) is 0. The summed E-state index contributed by atoms with van der Waals surface area (Å²) in [5.74, 6) is -2.11. The number of halogens is 1. The van der Waals surface area contributed by atoms with Gasteiger partial charge in [-0.25, -0.2) is 9.07 Å². The molecule has 3 atom stereocenters. The number of nitrogens with zero attached hydrogens (tertiary/aromatic N) is 2. The van der Waals surface area contributed by atoms with Crippen LogP contribution in [-0.2, 0) is 4.79 Å². The van der Waals surface area contributed by atoms with Gasteiger partial charge < -0.3 is 20.6 Å². The number of hydrogen-bond acceptors (Lipinski definition) is 5. The van der Waals surface area contributed by atoms with Gasteiger partial charge in [-0.2, -0.15) is 5.10 Å². The van der Waals surface area contributed by atoms with Gasteiger partial charge in [-0.3, -0.25) is 9.59 Å². The van der Waals surface area contributed by atoms with Crippen molar-refractivity contribution in [1.29, 1.82) is 0 Å². The Morgan fingerprint density at radius 1 is 1.05 bits per heavy atom. The van der Waals surface area contributed by atoms with Crippen LogP contribution in [0.25, 0.3) is 11.8 Å². The summed E-state index contributed by atoms with van der Waals surface area (Å²) >= 11 is 0. The molecule has 1 amide bonds. The van der Waals surface area contributed by atoms with Crippen LogP contribution in [0.4, 0.5) is 4.39 Å². The van der Waals surface area contributed by atoms with E-state index in [-0.39, 0.29) is 30.0 Å². The zero-order valence-electron chi connectivity index (χ0n) is 21.0. The van der Waals surface area contributed by atoms with Gasteiger partial charge in [0, 0.05) is 12.0 Å². The lowest BCUT2D eigenvalue weighted by atomic mass is 9.98. The van der Waals surface area contributed by atoms with Gasteiger partial charge in [0.05, 0.1) is 36.1 Å². The SMILES string of the molecule is CC(C)c1c(C(=O)N[C@H](C)c2ccccc2)nn(-c2ccc(F)cc2)c1/C=C/[C@H](O)C[C@@H](O)CC(=O)O. The maximum atomic E-state index is 13.6. The molecule has 3 aromatic rings. The highest BCUT2D eigenvalue weighted by Crippen LogP contribution is 2.28. The third kappa shape index (κ3) is 7.34. The van der Waals surface area contributed by atoms with Gasteiger partial charge in [-0.15, -0.1) is 0 Å². The Kier molecular flexibility index (Phi) is 9.32. The predicted octanol–water partition coefficient (Wildman–Crippen LogP) is 4.23. The highest BCUT2D eigenvalue weighted by Gasteiger charge is 2.26. The number of nitrogens with one attached hydrogen (secondary N) is 1. The van der Waals surface area contributed by atoms with E-state index in [4.69, 9.17) is 5.11 Å². The van der Waals surface area contributed by atoms with Crippen LogP contribution in [0.3, 0.4) is 0 Å². The molecule has 0 radical (unpaired) electrons. The topological polar surface area (TPSA) is 125 Å². The van der Waals surface area contributed by atoms with E-state index in [9.17, 15) is 24.2 Å². The quantitative estimate of drug-likeness (QED) is 0.307. The molecule has 9 heteroatoms. The molecule has 3 rings (SSSR count). The molecular formula is C28H32FN3O5. The van der Waals surface area contributed by atoms with Gasteiger partial charge in [0.1, 0.15) is 5.82 Å². The van der Waals surface area contributed by atoms with Crippen molar-refractivity contribution >= 4 is 18.0 Å². The first-order chi connectivity index (χ1) is 17.6. The van der Waals surface area contributed by atoms with Crippen LogP contribution in [0, 0.1) is 5.82 Å². The van der Waals surface area contributed by atoms with Crippen LogP contribution in [0.2, 0.25) is 0 Å². The van der Waals surface area contributed by atoms with Crippen LogP contribution in [0.1, 0.15) is 72.9 Å². The molecule has 8 nitrogen and oxygen atoms in total. The fourth-order valence-corrected chi connectivity index (χ4v) is 4.05. The fraction of sp³-hybridized carbons (Fsp3) is 0.321. The molecule has 196 valence electrons. The standard InChI is InChI=1S/C28H32FN3O5/c1-17(2)26-24(14-13-22(33)15-23(34)16-25(35)36)32(21-11-9-20(29)10-12-21)31-27(26)28(37)30-18(3)19-7-5-4-6-8-19/h4-14,17-18,22-23,33-34H,15-16H2,1-3H3,(H,30,37)(H,35,36)/b14-13+/t18-,22+,23-/m1/s1. The van der Waals surface area contributed by atoms with Crippen molar-refractivity contribution in [2.24, 2.45) is 0 Å². The summed E-state index contributed by atoms with van der Waals surface area (Å²) in [5.41, 5.74) is 2.77. The minimum absolute atomic E-state index is 0.142. The first-order valence-corrected chi connectivity index (χ1v) is 12.1. The number of carboxylic acids is 1. The van der Waals surface area contributed by atoms with E-state index in [1.54, 1.807) is 6.08 Å². The zero-order chi connectivity index (χ0) is 27.1. The molecule has 0 saturated carbocycles. The Balaban J connectivity index is 2.00. The van der Waals surface area contributed by atoms with Crippen molar-refractivity contribution in [3.8, 4) is 5.69 Å². The Morgan fingerprint density at radius 2 is 1.70 bits per heavy atom. The molecular weight excluding hydrogens is 477 g/mol. The molecule has 0 bridgehead atoms. The summed E-state index contributed by atoms with van der Waals surface area (Å²) < 4.78 is 15.1. The maximum absolute atomic E-state index is 13.6. The van der Waals surface area contributed by atoms with Crippen LogP contribution in [0.5, 0.6) is 0 Å². The van der Waals surface area contributed by atoms with E-state index in [1.807, 2.05) is 51.1 Å². The lowest BCUT2D eigenvalue weighted by molar-refractivity contribution is -0.139. The van der Waals surface area contributed by atoms with E-state index < -0.39 is 30.4 Å². The number of rotatable bonds is 11. The van der Waals surface area contributed by atoms with Gasteiger partial charge in [0.15, 0.2) is 5.69 Å². The summed E-state index contributed by atoms with van der Waals surface area (Å²) in [6, 6.07) is 14.9. The molecule has 0 aliphatic carbocycles. The summed E-state index contributed by atoms with van der Waals surface area (Å²) in [6.45, 7) is 5.69. The molecule has 0 fully saturated rings. The smallest absolute Gasteiger partial charge is 0.305 e. The van der Waals surface area contributed by atoms with Crippen molar-refractivity contribution in [3.05, 3.63) is 89.0 Å². The predicted molar refractivity (Wildman–Crippen MR) is 138 cm³/mol. The van der Waals surface area contributed by atoms with Crippen molar-refractivity contribution < 1.29 is 29.3 Å². The fourth-order valence-electron chi connectivity index (χ4n) is 4.05. The first kappa shape index (κ1) is 27.8. The van der Waals surface area contributed by atoms with E-state index in [0.717, 1.165) is 5.56 Å². The Labute approximate surface area is 215 Å². The molecule has 0 aliphatic rings. The number of aliphatic carboxylic acids is 1. The van der Waals surface area contributed by atoms with Gasteiger partial charge in [0.2, 0.25) is 0 Å². The van der Waals surface area contributed by atoms with Crippen LogP contribution >= 0.6 is 0 Å². The van der Waals surface area contributed by atoms with E-state index in [0.29, 0.717) is 16.9 Å². The number of carboxylic acid groups (broad SMARTS) is 1. The monoisotopic (exact) mass is 509 g/mol. The van der Waals surface area contributed by atoms with Gasteiger partial charge in [-0.05, 0) is 48.7 Å². The van der Waals surface area contributed by atoms with Gasteiger partial charge >= 0.3 is 5.97 Å². The van der Waals surface area contributed by atoms with E-state index >= 15 is 0 Å². The number of aliphatic hydroxyl groups excluding tert-OH is 2. The lowest BCUT2D eigenvalue weighted by Gasteiger charge is -2.15. The third-order valence-electron chi connectivity index (χ3n) is 5.87. The largest absolute Gasteiger partial charge is 0.481 e. The van der Waals surface area contributed by atoms with Crippen LogP contribution in [0.15, 0.2) is 60.7 Å². The second kappa shape index (κ2) is 12.4. The van der Waals surface area contributed by atoms with Crippen molar-refractivity contribution in [2.75, 3.05) is 0 Å². The van der Waals surface area contributed by atoms with Crippen molar-refractivity contribution in [3.63, 3.8) is 0 Å². The maximum Gasteiger partial charge on any atom is 0.305 e. The number of carbonyl (C=O) groups is 2. The molecule has 0 saturated heterocycles. The molecule has 1 heterocycles. The average molecular weight is 510 g/mol. The highest BCUT2D eigenvalue weighted by molar-refractivity contribution is 5.95. The first-order valence-electron chi connectivity index (χ1n) is 12.1. The summed E-state index contributed by atoms with van der Waals surface area (Å²) in [4.78, 5) is 24.2. The molecule has 1 aromatic heterocycles. The molecule has 2 aromatic carbocycles. The highest BCUT2D eigenvalue weighted by atomic mass is 19.1. The summed E-state index contributed by atoms with van der Waals surface area (Å²) in [6.07, 6.45) is -0.0129. The number of amides is 1. The lowest BCUT2D eigenvalue weighted by Crippen LogP contribution is -2.28. The summed E-state index contributed by atoms with van der Waals surface area (Å²) in [5, 5.41) is 36.6. The van der Waals surface area contributed by atoms with Gasteiger partial charge in [0.25, 0.3) is 5.91 Å². The zero-order valence-corrected chi connectivity index (χ0v) is 21.0. The van der Waals surface area contributed by atoms with E-state index in [2.05, 4.69) is 10.4 Å². The van der Waals surface area contributed by atoms with Gasteiger partial charge in [-0.1, -0.05) is 50.3 Å². The minimum atomic E-state index is -1.22. The van der Waals surface area contributed by atoms with E-state index in [1.165, 1.54) is 35.0 Å². The average Bonchev–Trinajstić information content (AvgIpc) is 3.23. The molecule has 0 aliphatic heterocycles. The normalized spacial score (nSPS) is 14.0. The minimum Gasteiger partial charge on any atom is -0.481 e. The molecule has 0 unspecified atom stereocenters. The second-order valence-corrected chi connectivity index (χ2v) is 9.21. The Bertz CT molecular complexity index is 1240. The van der Waals surface area contributed by atoms with Crippen LogP contribution in [-0.4, -0.2) is 49.2 Å².